The number of amides is 1. The molecule has 5 heteroatoms. The Labute approximate surface area is 143 Å². The minimum absolute atomic E-state index is 0.152. The SMILES string of the molecule is Cc1nn(C)c2nc(C3CC3)cc(C(=O)N3C[C@@H](C)C[C@H](C)C3)c12. The van der Waals surface area contributed by atoms with Crippen LogP contribution < -0.4 is 0 Å². The van der Waals surface area contributed by atoms with Crippen LogP contribution in [0.15, 0.2) is 6.07 Å². The summed E-state index contributed by atoms with van der Waals surface area (Å²) in [6.07, 6.45) is 3.57. The maximum absolute atomic E-state index is 13.3. The van der Waals surface area contributed by atoms with E-state index < -0.39 is 0 Å². The van der Waals surface area contributed by atoms with E-state index in [2.05, 4.69) is 18.9 Å². The number of rotatable bonds is 2. The van der Waals surface area contributed by atoms with Gasteiger partial charge in [-0.2, -0.15) is 5.10 Å². The molecule has 1 saturated carbocycles. The van der Waals surface area contributed by atoms with Gasteiger partial charge in [0.25, 0.3) is 5.91 Å². The first-order valence-electron chi connectivity index (χ1n) is 9.07. The van der Waals surface area contributed by atoms with Gasteiger partial charge in [0.1, 0.15) is 0 Å². The highest BCUT2D eigenvalue weighted by Gasteiger charge is 2.31. The Morgan fingerprint density at radius 2 is 1.88 bits per heavy atom. The van der Waals surface area contributed by atoms with Crippen molar-refractivity contribution in [3.8, 4) is 0 Å². The topological polar surface area (TPSA) is 51.0 Å². The maximum Gasteiger partial charge on any atom is 0.254 e. The molecule has 2 aliphatic rings. The van der Waals surface area contributed by atoms with Crippen LogP contribution in [0.5, 0.6) is 0 Å². The number of likely N-dealkylation sites (tertiary alicyclic amines) is 1. The molecule has 2 fully saturated rings. The summed E-state index contributed by atoms with van der Waals surface area (Å²) in [7, 11) is 1.91. The molecule has 0 bridgehead atoms. The van der Waals surface area contributed by atoms with Gasteiger partial charge >= 0.3 is 0 Å². The van der Waals surface area contributed by atoms with E-state index in [0.717, 1.165) is 41.1 Å². The minimum atomic E-state index is 0.152. The van der Waals surface area contributed by atoms with E-state index in [-0.39, 0.29) is 5.91 Å². The molecular formula is C19H26N4O. The second-order valence-electron chi connectivity index (χ2n) is 7.93. The zero-order valence-electron chi connectivity index (χ0n) is 15.0. The van der Waals surface area contributed by atoms with E-state index in [1.807, 2.05) is 29.6 Å². The number of aromatic nitrogens is 3. The molecule has 5 nitrogen and oxygen atoms in total. The zero-order valence-corrected chi connectivity index (χ0v) is 15.0. The van der Waals surface area contributed by atoms with E-state index in [1.54, 1.807) is 0 Å². The first-order valence-corrected chi connectivity index (χ1v) is 9.07. The lowest BCUT2D eigenvalue weighted by Crippen LogP contribution is -2.42. The Bertz CT molecular complexity index is 795. The van der Waals surface area contributed by atoms with Crippen LogP contribution in [0.4, 0.5) is 0 Å². The summed E-state index contributed by atoms with van der Waals surface area (Å²) in [6, 6.07) is 2.04. The molecule has 0 radical (unpaired) electrons. The van der Waals surface area contributed by atoms with Crippen molar-refractivity contribution in [2.24, 2.45) is 18.9 Å². The number of aryl methyl sites for hydroxylation is 2. The van der Waals surface area contributed by atoms with Crippen molar-refractivity contribution in [1.82, 2.24) is 19.7 Å². The summed E-state index contributed by atoms with van der Waals surface area (Å²) < 4.78 is 1.81. The van der Waals surface area contributed by atoms with Gasteiger partial charge in [0.2, 0.25) is 0 Å². The molecule has 1 saturated heterocycles. The van der Waals surface area contributed by atoms with Crippen molar-refractivity contribution in [2.75, 3.05) is 13.1 Å². The molecular weight excluding hydrogens is 300 g/mol. The molecule has 1 amide bonds. The molecule has 0 N–H and O–H groups in total. The van der Waals surface area contributed by atoms with Gasteiger partial charge in [-0.05, 0) is 44.1 Å². The monoisotopic (exact) mass is 326 g/mol. The van der Waals surface area contributed by atoms with Crippen LogP contribution in [0, 0.1) is 18.8 Å². The molecule has 2 atom stereocenters. The Morgan fingerprint density at radius 1 is 1.21 bits per heavy atom. The predicted octanol–water partition coefficient (Wildman–Crippen LogP) is 3.27. The van der Waals surface area contributed by atoms with E-state index in [0.29, 0.717) is 17.8 Å². The standard InChI is InChI=1S/C19H26N4O/c1-11-7-12(2)10-23(9-11)19(24)15-8-16(14-5-6-14)20-18-17(15)13(3)21-22(18)4/h8,11-12,14H,5-7,9-10H2,1-4H3/t11-,12-/m0/s1. The van der Waals surface area contributed by atoms with Crippen LogP contribution in [0.2, 0.25) is 0 Å². The van der Waals surface area contributed by atoms with Crippen molar-refractivity contribution in [2.45, 2.75) is 46.0 Å². The summed E-state index contributed by atoms with van der Waals surface area (Å²) >= 11 is 0. The quantitative estimate of drug-likeness (QED) is 0.851. The van der Waals surface area contributed by atoms with E-state index in [4.69, 9.17) is 4.98 Å². The summed E-state index contributed by atoms with van der Waals surface area (Å²) in [4.78, 5) is 20.2. The fourth-order valence-corrected chi connectivity index (χ4v) is 4.22. The molecule has 1 aliphatic heterocycles. The third-order valence-electron chi connectivity index (χ3n) is 5.37. The van der Waals surface area contributed by atoms with Crippen molar-refractivity contribution < 1.29 is 4.79 Å². The Morgan fingerprint density at radius 3 is 2.50 bits per heavy atom. The second-order valence-corrected chi connectivity index (χ2v) is 7.93. The lowest BCUT2D eigenvalue weighted by Gasteiger charge is -2.35. The van der Waals surface area contributed by atoms with Gasteiger partial charge in [0.05, 0.1) is 16.6 Å². The number of pyridine rings is 1. The number of carbonyl (C=O) groups is 1. The third kappa shape index (κ3) is 2.60. The minimum Gasteiger partial charge on any atom is -0.338 e. The molecule has 128 valence electrons. The Hall–Kier alpha value is -1.91. The van der Waals surface area contributed by atoms with E-state index in [9.17, 15) is 4.79 Å². The van der Waals surface area contributed by atoms with Crippen LogP contribution in [-0.4, -0.2) is 38.7 Å². The number of piperidine rings is 1. The average molecular weight is 326 g/mol. The van der Waals surface area contributed by atoms with Gasteiger partial charge < -0.3 is 4.90 Å². The first kappa shape index (κ1) is 15.6. The van der Waals surface area contributed by atoms with Crippen LogP contribution in [-0.2, 0) is 7.05 Å². The summed E-state index contributed by atoms with van der Waals surface area (Å²) in [6.45, 7) is 8.15. The average Bonchev–Trinajstić information content (AvgIpc) is 3.32. The van der Waals surface area contributed by atoms with Crippen LogP contribution in [0.1, 0.15) is 60.8 Å². The normalized spacial score (nSPS) is 24.6. The smallest absolute Gasteiger partial charge is 0.254 e. The van der Waals surface area contributed by atoms with Crippen molar-refractivity contribution in [1.29, 1.82) is 0 Å². The molecule has 3 heterocycles. The Kier molecular flexibility index (Phi) is 3.62. The third-order valence-corrected chi connectivity index (χ3v) is 5.37. The molecule has 0 spiro atoms. The maximum atomic E-state index is 13.3. The van der Waals surface area contributed by atoms with Crippen LogP contribution >= 0.6 is 0 Å². The predicted molar refractivity (Wildman–Crippen MR) is 94.1 cm³/mol. The van der Waals surface area contributed by atoms with Gasteiger partial charge in [-0.3, -0.25) is 9.48 Å². The zero-order chi connectivity index (χ0) is 17.0. The van der Waals surface area contributed by atoms with E-state index >= 15 is 0 Å². The van der Waals surface area contributed by atoms with Gasteiger partial charge in [-0.1, -0.05) is 13.8 Å². The van der Waals surface area contributed by atoms with Gasteiger partial charge in [-0.25, -0.2) is 4.98 Å². The fraction of sp³-hybridized carbons (Fsp3) is 0.632. The first-order chi connectivity index (χ1) is 11.4. The number of hydrogen-bond donors (Lipinski definition) is 0. The van der Waals surface area contributed by atoms with Gasteiger partial charge in [0, 0.05) is 31.7 Å². The van der Waals surface area contributed by atoms with E-state index in [1.165, 1.54) is 19.3 Å². The molecule has 2 aromatic rings. The fourth-order valence-electron chi connectivity index (χ4n) is 4.22. The highest BCUT2D eigenvalue weighted by atomic mass is 16.2. The lowest BCUT2D eigenvalue weighted by molar-refractivity contribution is 0.0625. The molecule has 0 unspecified atom stereocenters. The van der Waals surface area contributed by atoms with Crippen molar-refractivity contribution in [3.63, 3.8) is 0 Å². The lowest BCUT2D eigenvalue weighted by atomic mass is 9.91. The Balaban J connectivity index is 1.81. The summed E-state index contributed by atoms with van der Waals surface area (Å²) in [5.74, 6) is 1.80. The molecule has 4 rings (SSSR count). The number of hydrogen-bond acceptors (Lipinski definition) is 3. The van der Waals surface area contributed by atoms with Crippen LogP contribution in [0.3, 0.4) is 0 Å². The molecule has 1 aliphatic carbocycles. The molecule has 0 aromatic carbocycles. The molecule has 24 heavy (non-hydrogen) atoms. The van der Waals surface area contributed by atoms with Crippen molar-refractivity contribution >= 4 is 16.9 Å². The number of nitrogens with zero attached hydrogens (tertiary/aromatic N) is 4. The summed E-state index contributed by atoms with van der Waals surface area (Å²) in [5.41, 5.74) is 3.60. The van der Waals surface area contributed by atoms with Crippen molar-refractivity contribution in [3.05, 3.63) is 23.0 Å². The largest absolute Gasteiger partial charge is 0.338 e. The number of carbonyl (C=O) groups excluding carboxylic acids is 1. The van der Waals surface area contributed by atoms with Gasteiger partial charge in [-0.15, -0.1) is 0 Å². The second kappa shape index (κ2) is 5.57. The summed E-state index contributed by atoms with van der Waals surface area (Å²) in [5, 5.41) is 5.44. The van der Waals surface area contributed by atoms with Gasteiger partial charge in [0.15, 0.2) is 5.65 Å². The molecule has 2 aromatic heterocycles. The number of fused-ring (bicyclic) bond motifs is 1. The highest BCUT2D eigenvalue weighted by Crippen LogP contribution is 2.40. The van der Waals surface area contributed by atoms with Crippen LogP contribution in [0.25, 0.3) is 11.0 Å². The highest BCUT2D eigenvalue weighted by molar-refractivity contribution is 6.06.